The van der Waals surface area contributed by atoms with E-state index >= 15 is 0 Å². The van der Waals surface area contributed by atoms with E-state index in [2.05, 4.69) is 10.3 Å². The summed E-state index contributed by atoms with van der Waals surface area (Å²) >= 11 is 0. The molecule has 1 aliphatic rings. The van der Waals surface area contributed by atoms with Crippen molar-refractivity contribution in [2.45, 2.75) is 13.0 Å². The number of rotatable bonds is 2. The highest BCUT2D eigenvalue weighted by Crippen LogP contribution is 2.33. The molecule has 1 aromatic carbocycles. The lowest BCUT2D eigenvalue weighted by Gasteiger charge is -2.33. The number of anilines is 2. The summed E-state index contributed by atoms with van der Waals surface area (Å²) in [5.41, 5.74) is 0.678. The first kappa shape index (κ1) is 14.1. The number of nitrogens with one attached hydrogen (secondary N) is 1. The normalized spacial score (nSPS) is 16.4. The van der Waals surface area contributed by atoms with E-state index in [-0.39, 0.29) is 18.4 Å². The first-order valence-electron chi connectivity index (χ1n) is 6.91. The Hall–Kier alpha value is -2.89. The minimum Gasteiger partial charge on any atom is -0.476 e. The zero-order chi connectivity index (χ0) is 15.5. The Balaban J connectivity index is 1.81. The standard InChI is InChI=1S/C16H15N3O3/c1-11(20)19-10-14(22-13-7-3-2-6-12(13)19)16(21)18-15-8-4-5-9-17-15/h2-9,14H,10H2,1H3,(H,17,18,21). The molecule has 0 fully saturated rings. The van der Waals surface area contributed by atoms with Crippen molar-refractivity contribution in [3.8, 4) is 5.75 Å². The van der Waals surface area contributed by atoms with Gasteiger partial charge in [0.2, 0.25) is 5.91 Å². The molecule has 0 bridgehead atoms. The van der Waals surface area contributed by atoms with Crippen LogP contribution >= 0.6 is 0 Å². The molecular weight excluding hydrogens is 282 g/mol. The smallest absolute Gasteiger partial charge is 0.268 e. The third-order valence-electron chi connectivity index (χ3n) is 3.36. The molecule has 0 saturated heterocycles. The number of benzene rings is 1. The first-order chi connectivity index (χ1) is 10.6. The van der Waals surface area contributed by atoms with Crippen LogP contribution in [0, 0.1) is 0 Å². The molecule has 2 heterocycles. The molecule has 2 amide bonds. The quantitative estimate of drug-likeness (QED) is 0.918. The van der Waals surface area contributed by atoms with Crippen molar-refractivity contribution in [1.82, 2.24) is 4.98 Å². The van der Waals surface area contributed by atoms with Crippen molar-refractivity contribution >= 4 is 23.3 Å². The molecule has 0 spiro atoms. The van der Waals surface area contributed by atoms with E-state index in [0.29, 0.717) is 17.3 Å². The van der Waals surface area contributed by atoms with Crippen LogP contribution in [0.5, 0.6) is 5.75 Å². The Kier molecular flexibility index (Phi) is 3.74. The fourth-order valence-electron chi connectivity index (χ4n) is 2.31. The fraction of sp³-hybridized carbons (Fsp3) is 0.188. The Morgan fingerprint density at radius 2 is 2.00 bits per heavy atom. The van der Waals surface area contributed by atoms with Gasteiger partial charge in [0, 0.05) is 13.1 Å². The molecular formula is C16H15N3O3. The van der Waals surface area contributed by atoms with Crippen molar-refractivity contribution in [3.63, 3.8) is 0 Å². The summed E-state index contributed by atoms with van der Waals surface area (Å²) in [5.74, 6) is 0.500. The molecule has 3 rings (SSSR count). The summed E-state index contributed by atoms with van der Waals surface area (Å²) in [7, 11) is 0. The zero-order valence-electron chi connectivity index (χ0n) is 12.0. The van der Waals surface area contributed by atoms with Crippen LogP contribution in [0.3, 0.4) is 0 Å². The second kappa shape index (κ2) is 5.85. The van der Waals surface area contributed by atoms with Gasteiger partial charge < -0.3 is 15.0 Å². The SMILES string of the molecule is CC(=O)N1CC(C(=O)Nc2ccccn2)Oc2ccccc21. The van der Waals surface area contributed by atoms with Gasteiger partial charge in [0.15, 0.2) is 6.10 Å². The van der Waals surface area contributed by atoms with Gasteiger partial charge in [-0.25, -0.2) is 4.98 Å². The number of ether oxygens (including phenoxy) is 1. The molecule has 0 aliphatic carbocycles. The van der Waals surface area contributed by atoms with Gasteiger partial charge >= 0.3 is 0 Å². The number of para-hydroxylation sites is 2. The minimum atomic E-state index is -0.777. The molecule has 1 unspecified atom stereocenters. The maximum Gasteiger partial charge on any atom is 0.268 e. The van der Waals surface area contributed by atoms with Crippen LogP contribution in [-0.2, 0) is 9.59 Å². The highest BCUT2D eigenvalue weighted by Gasteiger charge is 2.32. The average molecular weight is 297 g/mol. The van der Waals surface area contributed by atoms with E-state index in [4.69, 9.17) is 4.74 Å². The lowest BCUT2D eigenvalue weighted by molar-refractivity contribution is -0.123. The Labute approximate surface area is 127 Å². The largest absolute Gasteiger partial charge is 0.476 e. The van der Waals surface area contributed by atoms with Crippen molar-refractivity contribution in [3.05, 3.63) is 48.7 Å². The van der Waals surface area contributed by atoms with Crippen molar-refractivity contribution < 1.29 is 14.3 Å². The number of carbonyl (C=O) groups excluding carboxylic acids is 2. The lowest BCUT2D eigenvalue weighted by atomic mass is 10.1. The fourth-order valence-corrected chi connectivity index (χ4v) is 2.31. The third kappa shape index (κ3) is 2.76. The second-order valence-corrected chi connectivity index (χ2v) is 4.91. The van der Waals surface area contributed by atoms with Gasteiger partial charge in [0.05, 0.1) is 12.2 Å². The third-order valence-corrected chi connectivity index (χ3v) is 3.36. The Morgan fingerprint density at radius 3 is 2.73 bits per heavy atom. The van der Waals surface area contributed by atoms with Gasteiger partial charge in [0.25, 0.3) is 5.91 Å². The van der Waals surface area contributed by atoms with E-state index in [9.17, 15) is 9.59 Å². The maximum absolute atomic E-state index is 12.3. The minimum absolute atomic E-state index is 0.133. The molecule has 1 aromatic heterocycles. The summed E-state index contributed by atoms with van der Waals surface area (Å²) in [6.07, 6.45) is 0.815. The number of pyridine rings is 1. The van der Waals surface area contributed by atoms with Gasteiger partial charge in [-0.2, -0.15) is 0 Å². The number of fused-ring (bicyclic) bond motifs is 1. The number of hydrogen-bond acceptors (Lipinski definition) is 4. The van der Waals surface area contributed by atoms with Crippen LogP contribution in [0.15, 0.2) is 48.7 Å². The molecule has 1 atom stereocenters. The zero-order valence-corrected chi connectivity index (χ0v) is 12.0. The molecule has 2 aromatic rings. The highest BCUT2D eigenvalue weighted by atomic mass is 16.5. The van der Waals surface area contributed by atoms with Gasteiger partial charge in [-0.1, -0.05) is 18.2 Å². The second-order valence-electron chi connectivity index (χ2n) is 4.91. The van der Waals surface area contributed by atoms with Crippen LogP contribution < -0.4 is 15.0 Å². The molecule has 112 valence electrons. The van der Waals surface area contributed by atoms with Crippen LogP contribution in [0.4, 0.5) is 11.5 Å². The van der Waals surface area contributed by atoms with E-state index in [1.807, 2.05) is 6.07 Å². The van der Waals surface area contributed by atoms with Gasteiger partial charge in [0.1, 0.15) is 11.6 Å². The molecule has 0 radical (unpaired) electrons. The predicted molar refractivity (Wildman–Crippen MR) is 81.8 cm³/mol. The summed E-state index contributed by atoms with van der Waals surface area (Å²) < 4.78 is 5.71. The molecule has 1 N–H and O–H groups in total. The molecule has 6 nitrogen and oxygen atoms in total. The number of amides is 2. The Morgan fingerprint density at radius 1 is 1.23 bits per heavy atom. The number of hydrogen-bond donors (Lipinski definition) is 1. The van der Waals surface area contributed by atoms with Crippen LogP contribution in [0.25, 0.3) is 0 Å². The predicted octanol–water partition coefficient (Wildman–Crippen LogP) is 1.83. The Bertz CT molecular complexity index is 703. The monoisotopic (exact) mass is 297 g/mol. The summed E-state index contributed by atoms with van der Waals surface area (Å²) in [4.78, 5) is 29.7. The summed E-state index contributed by atoms with van der Waals surface area (Å²) in [6.45, 7) is 1.64. The number of nitrogens with zero attached hydrogens (tertiary/aromatic N) is 2. The van der Waals surface area contributed by atoms with Crippen molar-refractivity contribution in [1.29, 1.82) is 0 Å². The molecule has 22 heavy (non-hydrogen) atoms. The number of carbonyl (C=O) groups is 2. The number of aromatic nitrogens is 1. The van der Waals surface area contributed by atoms with Gasteiger partial charge in [-0.3, -0.25) is 9.59 Å². The van der Waals surface area contributed by atoms with E-state index in [1.54, 1.807) is 47.5 Å². The van der Waals surface area contributed by atoms with E-state index < -0.39 is 6.10 Å². The topological polar surface area (TPSA) is 71.5 Å². The lowest BCUT2D eigenvalue weighted by Crippen LogP contribution is -2.48. The van der Waals surface area contributed by atoms with Crippen molar-refractivity contribution in [2.75, 3.05) is 16.8 Å². The van der Waals surface area contributed by atoms with Crippen LogP contribution in [0.1, 0.15) is 6.92 Å². The molecule has 6 heteroatoms. The maximum atomic E-state index is 12.3. The molecule has 0 saturated carbocycles. The first-order valence-corrected chi connectivity index (χ1v) is 6.91. The summed E-state index contributed by atoms with van der Waals surface area (Å²) in [5, 5.41) is 2.69. The van der Waals surface area contributed by atoms with Crippen LogP contribution in [-0.4, -0.2) is 29.4 Å². The highest BCUT2D eigenvalue weighted by molar-refractivity contribution is 5.99. The van der Waals surface area contributed by atoms with Crippen LogP contribution in [0.2, 0.25) is 0 Å². The summed E-state index contributed by atoms with van der Waals surface area (Å²) in [6, 6.07) is 12.4. The van der Waals surface area contributed by atoms with E-state index in [0.717, 1.165) is 0 Å². The van der Waals surface area contributed by atoms with Gasteiger partial charge in [-0.05, 0) is 24.3 Å². The van der Waals surface area contributed by atoms with Gasteiger partial charge in [-0.15, -0.1) is 0 Å². The average Bonchev–Trinajstić information content (AvgIpc) is 2.54. The van der Waals surface area contributed by atoms with E-state index in [1.165, 1.54) is 6.92 Å². The molecule has 1 aliphatic heterocycles. The van der Waals surface area contributed by atoms with Crippen molar-refractivity contribution in [2.24, 2.45) is 0 Å².